The third kappa shape index (κ3) is 5.80. The Kier molecular flexibility index (Phi) is 7.62. The summed E-state index contributed by atoms with van der Waals surface area (Å²) in [6.45, 7) is 4.75. The number of benzene rings is 1. The quantitative estimate of drug-likeness (QED) is 0.678. The molecule has 3 amide bonds. The second kappa shape index (κ2) is 10.2. The van der Waals surface area contributed by atoms with Crippen LogP contribution in [0, 0.1) is 5.92 Å². The number of piperidine rings is 1. The lowest BCUT2D eigenvalue weighted by Crippen LogP contribution is -2.54. The molecule has 0 aliphatic carbocycles. The molecule has 1 aliphatic rings. The number of amides is 3. The van der Waals surface area contributed by atoms with E-state index in [1.54, 1.807) is 23.1 Å². The van der Waals surface area contributed by atoms with Gasteiger partial charge in [-0.1, -0.05) is 37.0 Å². The summed E-state index contributed by atoms with van der Waals surface area (Å²) >= 11 is 12.0. The number of carbonyl (C=O) groups excluding carboxylic acids is 3. The standard InChI is InChI=1S/C22H25Cl2N3O4/c1-13(2)19(26-20(28)16-6-5-14(23)12-17(16)24)21(29)25-15-7-9-27(10-8-15)22(30)18-4-3-11-31-18/h3-6,11-13,15,19H,7-10H2,1-2H3,(H,25,29)(H,26,28). The van der Waals surface area contributed by atoms with Crippen LogP contribution in [0.15, 0.2) is 41.0 Å². The van der Waals surface area contributed by atoms with Crippen LogP contribution in [0.5, 0.6) is 0 Å². The fraction of sp³-hybridized carbons (Fsp3) is 0.409. The SMILES string of the molecule is CC(C)C(NC(=O)c1ccc(Cl)cc1Cl)C(=O)NC1CCN(C(=O)c2ccco2)CC1. The largest absolute Gasteiger partial charge is 0.459 e. The number of likely N-dealkylation sites (tertiary alicyclic amines) is 1. The topological polar surface area (TPSA) is 91.7 Å². The van der Waals surface area contributed by atoms with E-state index in [-0.39, 0.29) is 34.4 Å². The van der Waals surface area contributed by atoms with Crippen molar-refractivity contribution >= 4 is 40.9 Å². The molecule has 166 valence electrons. The average Bonchev–Trinajstić information content (AvgIpc) is 3.26. The second-order valence-corrected chi connectivity index (χ2v) is 8.72. The Bertz CT molecular complexity index is 938. The Hall–Kier alpha value is -2.51. The van der Waals surface area contributed by atoms with Crippen molar-refractivity contribution in [3.05, 3.63) is 58.0 Å². The molecular formula is C22H25Cl2N3O4. The maximum absolute atomic E-state index is 12.9. The molecule has 1 aliphatic heterocycles. The molecule has 7 nitrogen and oxygen atoms in total. The first-order valence-corrected chi connectivity index (χ1v) is 10.9. The molecule has 3 rings (SSSR count). The molecule has 0 spiro atoms. The number of hydrogen-bond donors (Lipinski definition) is 2. The van der Waals surface area contributed by atoms with Gasteiger partial charge in [0.25, 0.3) is 11.8 Å². The minimum Gasteiger partial charge on any atom is -0.459 e. The van der Waals surface area contributed by atoms with Gasteiger partial charge in [0, 0.05) is 24.2 Å². The molecule has 2 aromatic rings. The minimum absolute atomic E-state index is 0.0783. The predicted octanol–water partition coefficient (Wildman–Crippen LogP) is 3.76. The molecule has 1 aromatic carbocycles. The van der Waals surface area contributed by atoms with Crippen LogP contribution in [0.4, 0.5) is 0 Å². The van der Waals surface area contributed by atoms with E-state index in [2.05, 4.69) is 10.6 Å². The van der Waals surface area contributed by atoms with Gasteiger partial charge in [0.15, 0.2) is 5.76 Å². The number of rotatable bonds is 6. The van der Waals surface area contributed by atoms with Gasteiger partial charge in [-0.15, -0.1) is 0 Å². The van der Waals surface area contributed by atoms with E-state index in [9.17, 15) is 14.4 Å². The van der Waals surface area contributed by atoms with Crippen molar-refractivity contribution < 1.29 is 18.8 Å². The van der Waals surface area contributed by atoms with Gasteiger partial charge in [0.05, 0.1) is 16.8 Å². The van der Waals surface area contributed by atoms with Crippen molar-refractivity contribution in [3.8, 4) is 0 Å². The highest BCUT2D eigenvalue weighted by molar-refractivity contribution is 6.36. The fourth-order valence-electron chi connectivity index (χ4n) is 3.50. The van der Waals surface area contributed by atoms with E-state index in [4.69, 9.17) is 27.6 Å². The van der Waals surface area contributed by atoms with Crippen LogP contribution in [0.25, 0.3) is 0 Å². The van der Waals surface area contributed by atoms with E-state index in [1.807, 2.05) is 13.8 Å². The van der Waals surface area contributed by atoms with Gasteiger partial charge < -0.3 is 20.0 Å². The molecule has 1 unspecified atom stereocenters. The van der Waals surface area contributed by atoms with E-state index in [0.717, 1.165) is 0 Å². The van der Waals surface area contributed by atoms with Gasteiger partial charge >= 0.3 is 0 Å². The summed E-state index contributed by atoms with van der Waals surface area (Å²) in [5.41, 5.74) is 0.259. The summed E-state index contributed by atoms with van der Waals surface area (Å²) in [5.74, 6) is -0.665. The summed E-state index contributed by atoms with van der Waals surface area (Å²) in [5, 5.41) is 6.43. The van der Waals surface area contributed by atoms with Crippen molar-refractivity contribution in [1.29, 1.82) is 0 Å². The van der Waals surface area contributed by atoms with Crippen LogP contribution in [-0.2, 0) is 4.79 Å². The van der Waals surface area contributed by atoms with Crippen LogP contribution in [0.1, 0.15) is 47.6 Å². The third-order valence-electron chi connectivity index (χ3n) is 5.27. The van der Waals surface area contributed by atoms with Crippen LogP contribution in [0.3, 0.4) is 0 Å². The summed E-state index contributed by atoms with van der Waals surface area (Å²) in [4.78, 5) is 39.6. The van der Waals surface area contributed by atoms with E-state index < -0.39 is 11.9 Å². The van der Waals surface area contributed by atoms with Crippen LogP contribution in [0.2, 0.25) is 10.0 Å². The molecule has 2 heterocycles. The third-order valence-corrected chi connectivity index (χ3v) is 5.82. The summed E-state index contributed by atoms with van der Waals surface area (Å²) in [6, 6.07) is 7.11. The number of halogens is 2. The maximum Gasteiger partial charge on any atom is 0.289 e. The second-order valence-electron chi connectivity index (χ2n) is 7.87. The number of furan rings is 1. The van der Waals surface area contributed by atoms with Crippen molar-refractivity contribution in [2.75, 3.05) is 13.1 Å². The fourth-order valence-corrected chi connectivity index (χ4v) is 4.00. The number of hydrogen-bond acceptors (Lipinski definition) is 4. The van der Waals surface area contributed by atoms with Crippen LogP contribution in [-0.4, -0.2) is 47.8 Å². The van der Waals surface area contributed by atoms with Crippen LogP contribution < -0.4 is 10.6 Å². The van der Waals surface area contributed by atoms with Crippen molar-refractivity contribution in [3.63, 3.8) is 0 Å². The molecule has 1 fully saturated rings. The van der Waals surface area contributed by atoms with Gasteiger partial charge in [0.1, 0.15) is 6.04 Å². The molecule has 0 saturated carbocycles. The lowest BCUT2D eigenvalue weighted by atomic mass is 10.00. The molecule has 31 heavy (non-hydrogen) atoms. The highest BCUT2D eigenvalue weighted by atomic mass is 35.5. The molecule has 1 atom stereocenters. The Morgan fingerprint density at radius 3 is 2.42 bits per heavy atom. The predicted molar refractivity (Wildman–Crippen MR) is 118 cm³/mol. The number of nitrogens with zero attached hydrogens (tertiary/aromatic N) is 1. The van der Waals surface area contributed by atoms with Gasteiger partial charge in [-0.2, -0.15) is 0 Å². The summed E-state index contributed by atoms with van der Waals surface area (Å²) in [7, 11) is 0. The van der Waals surface area contributed by atoms with Crippen molar-refractivity contribution in [1.82, 2.24) is 15.5 Å². The van der Waals surface area contributed by atoms with E-state index in [1.165, 1.54) is 18.4 Å². The first-order chi connectivity index (χ1) is 14.8. The number of nitrogens with one attached hydrogen (secondary N) is 2. The van der Waals surface area contributed by atoms with Gasteiger partial charge in [-0.25, -0.2) is 0 Å². The molecule has 0 bridgehead atoms. The monoisotopic (exact) mass is 465 g/mol. The zero-order chi connectivity index (χ0) is 22.5. The van der Waals surface area contributed by atoms with E-state index in [0.29, 0.717) is 36.7 Å². The summed E-state index contributed by atoms with van der Waals surface area (Å²) in [6.07, 6.45) is 2.72. The minimum atomic E-state index is -0.720. The van der Waals surface area contributed by atoms with Crippen LogP contribution >= 0.6 is 23.2 Å². The normalized spacial score (nSPS) is 15.6. The first-order valence-electron chi connectivity index (χ1n) is 10.2. The summed E-state index contributed by atoms with van der Waals surface area (Å²) < 4.78 is 5.17. The van der Waals surface area contributed by atoms with Crippen molar-refractivity contribution in [2.45, 2.75) is 38.8 Å². The zero-order valence-electron chi connectivity index (χ0n) is 17.4. The lowest BCUT2D eigenvalue weighted by molar-refractivity contribution is -0.124. The van der Waals surface area contributed by atoms with Gasteiger partial charge in [-0.3, -0.25) is 14.4 Å². The van der Waals surface area contributed by atoms with Gasteiger partial charge in [0.2, 0.25) is 5.91 Å². The molecular weight excluding hydrogens is 441 g/mol. The molecule has 1 aromatic heterocycles. The van der Waals surface area contributed by atoms with E-state index >= 15 is 0 Å². The average molecular weight is 466 g/mol. The lowest BCUT2D eigenvalue weighted by Gasteiger charge is -2.33. The smallest absolute Gasteiger partial charge is 0.289 e. The number of carbonyl (C=O) groups is 3. The molecule has 9 heteroatoms. The Labute approximate surface area is 191 Å². The highest BCUT2D eigenvalue weighted by Crippen LogP contribution is 2.21. The Morgan fingerprint density at radius 1 is 1.13 bits per heavy atom. The first kappa shape index (κ1) is 23.2. The van der Waals surface area contributed by atoms with Gasteiger partial charge in [-0.05, 0) is 49.1 Å². The molecule has 1 saturated heterocycles. The molecule has 0 radical (unpaired) electrons. The Balaban J connectivity index is 1.56. The zero-order valence-corrected chi connectivity index (χ0v) is 18.9. The van der Waals surface area contributed by atoms with Crippen molar-refractivity contribution in [2.24, 2.45) is 5.92 Å². The highest BCUT2D eigenvalue weighted by Gasteiger charge is 2.30. The maximum atomic E-state index is 12.9. The Morgan fingerprint density at radius 2 is 1.84 bits per heavy atom. The molecule has 2 N–H and O–H groups in total.